The first-order valence-electron chi connectivity index (χ1n) is 12.8. The van der Waals surface area contributed by atoms with Gasteiger partial charge in [0, 0.05) is 22.9 Å². The summed E-state index contributed by atoms with van der Waals surface area (Å²) in [5, 5.41) is 26.4. The number of hydrogen-bond donors (Lipinski definition) is 2. The quantitative estimate of drug-likeness (QED) is 0.118. The molecule has 42 heavy (non-hydrogen) atoms. The van der Waals surface area contributed by atoms with Gasteiger partial charge in [0.1, 0.15) is 5.75 Å². The smallest absolute Gasteiger partial charge is 0.273 e. The lowest BCUT2D eigenvalue weighted by molar-refractivity contribution is -0.385. The number of thiazole rings is 1. The second-order valence-electron chi connectivity index (χ2n) is 8.93. The van der Waals surface area contributed by atoms with Gasteiger partial charge in [-0.05, 0) is 56.3 Å². The molecule has 0 bridgehead atoms. The minimum absolute atomic E-state index is 0.0147. The number of aromatic nitrogens is 4. The third kappa shape index (κ3) is 6.56. The number of nitrogens with zero attached hydrogens (tertiary/aromatic N) is 5. The Labute approximate surface area is 248 Å². The number of amides is 2. The van der Waals surface area contributed by atoms with Crippen molar-refractivity contribution in [1.29, 1.82) is 0 Å². The highest BCUT2D eigenvalue weighted by Gasteiger charge is 2.19. The summed E-state index contributed by atoms with van der Waals surface area (Å²) >= 11 is 2.58. The zero-order valence-electron chi connectivity index (χ0n) is 22.6. The molecule has 14 heteroatoms. The van der Waals surface area contributed by atoms with Crippen molar-refractivity contribution in [2.45, 2.75) is 25.5 Å². The van der Waals surface area contributed by atoms with E-state index in [1.807, 2.05) is 43.3 Å². The number of hydrogen-bond acceptors (Lipinski definition) is 10. The van der Waals surface area contributed by atoms with E-state index in [0.717, 1.165) is 10.2 Å². The number of nitro groups is 1. The zero-order valence-corrected chi connectivity index (χ0v) is 24.2. The molecule has 2 heterocycles. The van der Waals surface area contributed by atoms with Crippen LogP contribution >= 0.6 is 23.1 Å². The average molecular weight is 604 g/mol. The number of ether oxygens (including phenoxy) is 1. The monoisotopic (exact) mass is 603 g/mol. The number of para-hydroxylation sites is 1. The number of anilines is 1. The van der Waals surface area contributed by atoms with Crippen molar-refractivity contribution < 1.29 is 19.2 Å². The van der Waals surface area contributed by atoms with Crippen molar-refractivity contribution in [1.82, 2.24) is 25.1 Å². The minimum atomic E-state index is -0.523. The van der Waals surface area contributed by atoms with Crippen molar-refractivity contribution in [3.05, 3.63) is 93.8 Å². The molecule has 3 aromatic carbocycles. The summed E-state index contributed by atoms with van der Waals surface area (Å²) in [6, 6.07) is 19.2. The van der Waals surface area contributed by atoms with Crippen LogP contribution in [0.15, 0.2) is 71.9 Å². The molecule has 0 saturated carbocycles. The molecule has 2 aromatic heterocycles. The number of carbonyl (C=O) groups excluding carboxylic acids is 2. The van der Waals surface area contributed by atoms with Crippen molar-refractivity contribution in [2.24, 2.45) is 0 Å². The van der Waals surface area contributed by atoms with Gasteiger partial charge in [0.25, 0.3) is 11.6 Å². The molecule has 0 unspecified atom stereocenters. The van der Waals surface area contributed by atoms with Gasteiger partial charge in [-0.2, -0.15) is 0 Å². The van der Waals surface area contributed by atoms with E-state index in [1.165, 1.54) is 41.3 Å². The average Bonchev–Trinajstić information content (AvgIpc) is 3.58. The maximum Gasteiger partial charge on any atom is 0.273 e. The molecule has 0 aliphatic rings. The number of fused-ring (bicyclic) bond motifs is 1. The molecular weight excluding hydrogens is 578 g/mol. The van der Waals surface area contributed by atoms with Crippen LogP contribution in [-0.2, 0) is 11.3 Å². The van der Waals surface area contributed by atoms with Crippen molar-refractivity contribution in [2.75, 3.05) is 17.7 Å². The molecule has 2 N–H and O–H groups in total. The first-order chi connectivity index (χ1) is 20.3. The lowest BCUT2D eigenvalue weighted by Crippen LogP contribution is -2.25. The van der Waals surface area contributed by atoms with Gasteiger partial charge in [-0.25, -0.2) is 4.98 Å². The summed E-state index contributed by atoms with van der Waals surface area (Å²) in [6.07, 6.45) is 0. The highest BCUT2D eigenvalue weighted by atomic mass is 32.2. The summed E-state index contributed by atoms with van der Waals surface area (Å²) in [6.45, 7) is 4.01. The Morgan fingerprint density at radius 3 is 2.62 bits per heavy atom. The Hall–Kier alpha value is -4.82. The number of benzene rings is 3. The lowest BCUT2D eigenvalue weighted by atomic mass is 10.1. The molecule has 0 radical (unpaired) electrons. The highest BCUT2D eigenvalue weighted by molar-refractivity contribution is 7.99. The number of aryl methyl sites for hydroxylation is 1. The SMILES string of the molecule is CCOc1ccc(-n2c(CNC(=O)c3ccc(C)c([N+](=O)[O-])c3)nnc2SCC(=O)Nc2nc3ccccc3s2)cc1. The number of nitro benzene ring substituents is 1. The van der Waals surface area contributed by atoms with Crippen LogP contribution in [0, 0.1) is 17.0 Å². The molecule has 0 saturated heterocycles. The zero-order chi connectivity index (χ0) is 29.6. The molecule has 0 spiro atoms. The van der Waals surface area contributed by atoms with Crippen LogP contribution in [0.4, 0.5) is 10.8 Å². The predicted octanol–water partition coefficient (Wildman–Crippen LogP) is 5.15. The van der Waals surface area contributed by atoms with Gasteiger partial charge in [-0.1, -0.05) is 41.3 Å². The topological polar surface area (TPSA) is 154 Å². The van der Waals surface area contributed by atoms with Crippen LogP contribution in [0.3, 0.4) is 0 Å². The molecule has 0 atom stereocenters. The number of rotatable bonds is 11. The maximum absolute atomic E-state index is 12.9. The van der Waals surface area contributed by atoms with Crippen LogP contribution < -0.4 is 15.4 Å². The van der Waals surface area contributed by atoms with Gasteiger partial charge >= 0.3 is 0 Å². The van der Waals surface area contributed by atoms with Crippen LogP contribution in [0.2, 0.25) is 0 Å². The number of nitrogens with one attached hydrogen (secondary N) is 2. The van der Waals surface area contributed by atoms with Crippen molar-refractivity contribution >= 4 is 55.9 Å². The van der Waals surface area contributed by atoms with Gasteiger partial charge in [0.05, 0.1) is 34.0 Å². The van der Waals surface area contributed by atoms with Crippen LogP contribution in [-0.4, -0.2) is 48.8 Å². The summed E-state index contributed by atoms with van der Waals surface area (Å²) in [5.41, 5.74) is 1.99. The van der Waals surface area contributed by atoms with E-state index in [9.17, 15) is 19.7 Å². The fourth-order valence-electron chi connectivity index (χ4n) is 4.05. The fourth-order valence-corrected chi connectivity index (χ4v) is 5.70. The Kier molecular flexibility index (Phi) is 8.74. The van der Waals surface area contributed by atoms with Crippen LogP contribution in [0.1, 0.15) is 28.7 Å². The standard InChI is InChI=1S/C28H25N7O5S2/c1-3-40-20-12-10-19(11-13-20)34-24(15-29-26(37)18-9-8-17(2)22(14-18)35(38)39)32-33-28(34)41-16-25(36)31-27-30-21-6-4-5-7-23(21)42-27/h4-14H,3,15-16H2,1-2H3,(H,29,37)(H,30,31,36). The lowest BCUT2D eigenvalue weighted by Gasteiger charge is -2.12. The summed E-state index contributed by atoms with van der Waals surface area (Å²) in [5.74, 6) is 0.391. The van der Waals surface area contributed by atoms with Gasteiger partial charge < -0.3 is 15.4 Å². The van der Waals surface area contributed by atoms with E-state index in [0.29, 0.717) is 39.7 Å². The van der Waals surface area contributed by atoms with Gasteiger partial charge in [-0.15, -0.1) is 10.2 Å². The Balaban J connectivity index is 1.33. The largest absolute Gasteiger partial charge is 0.494 e. The third-order valence-corrected chi connectivity index (χ3v) is 7.93. The van der Waals surface area contributed by atoms with Crippen LogP contribution in [0.25, 0.3) is 15.9 Å². The Morgan fingerprint density at radius 2 is 1.88 bits per heavy atom. The fraction of sp³-hybridized carbons (Fsp3) is 0.179. The van der Waals surface area contributed by atoms with Gasteiger partial charge in [-0.3, -0.25) is 24.3 Å². The Bertz CT molecular complexity index is 1740. The normalized spacial score (nSPS) is 10.9. The van der Waals surface area contributed by atoms with E-state index in [-0.39, 0.29) is 29.5 Å². The number of carbonyl (C=O) groups is 2. The van der Waals surface area contributed by atoms with E-state index in [1.54, 1.807) is 23.6 Å². The van der Waals surface area contributed by atoms with Gasteiger partial charge in [0.2, 0.25) is 5.91 Å². The Morgan fingerprint density at radius 1 is 1.10 bits per heavy atom. The predicted molar refractivity (Wildman–Crippen MR) is 161 cm³/mol. The van der Waals surface area contributed by atoms with E-state index in [2.05, 4.69) is 25.8 Å². The van der Waals surface area contributed by atoms with Crippen molar-refractivity contribution in [3.8, 4) is 11.4 Å². The summed E-state index contributed by atoms with van der Waals surface area (Å²) in [4.78, 5) is 40.8. The van der Waals surface area contributed by atoms with Crippen molar-refractivity contribution in [3.63, 3.8) is 0 Å². The molecule has 0 aliphatic heterocycles. The molecule has 0 aliphatic carbocycles. The molecule has 5 rings (SSSR count). The van der Waals surface area contributed by atoms with Gasteiger partial charge in [0.15, 0.2) is 16.1 Å². The third-order valence-electron chi connectivity index (χ3n) is 6.05. The molecular formula is C28H25N7O5S2. The van der Waals surface area contributed by atoms with E-state index < -0.39 is 10.8 Å². The molecule has 12 nitrogen and oxygen atoms in total. The molecule has 5 aromatic rings. The summed E-state index contributed by atoms with van der Waals surface area (Å²) < 4.78 is 8.26. The summed E-state index contributed by atoms with van der Waals surface area (Å²) in [7, 11) is 0. The van der Waals surface area contributed by atoms with E-state index in [4.69, 9.17) is 4.74 Å². The molecule has 214 valence electrons. The second kappa shape index (κ2) is 12.8. The maximum atomic E-state index is 12.9. The van der Waals surface area contributed by atoms with E-state index >= 15 is 0 Å². The second-order valence-corrected chi connectivity index (χ2v) is 10.9. The highest BCUT2D eigenvalue weighted by Crippen LogP contribution is 2.27. The number of thioether (sulfide) groups is 1. The minimum Gasteiger partial charge on any atom is -0.494 e. The first kappa shape index (κ1) is 28.7. The molecule has 2 amide bonds. The van der Waals surface area contributed by atoms with Crippen LogP contribution in [0.5, 0.6) is 5.75 Å². The first-order valence-corrected chi connectivity index (χ1v) is 14.6. The molecule has 0 fully saturated rings.